The van der Waals surface area contributed by atoms with Crippen LogP contribution in [0, 0.1) is 0 Å². The molecule has 0 fully saturated rings. The third-order valence-corrected chi connectivity index (χ3v) is 5.23. The number of nitrogens with one attached hydrogen (secondary N) is 1. The summed E-state index contributed by atoms with van der Waals surface area (Å²) in [5, 5.41) is 3.92. The fourth-order valence-electron chi connectivity index (χ4n) is 3.05. The van der Waals surface area contributed by atoms with Crippen LogP contribution >= 0.6 is 23.2 Å². The zero-order valence-electron chi connectivity index (χ0n) is 16.8. The number of oxazole rings is 1. The van der Waals surface area contributed by atoms with E-state index in [1.165, 1.54) is 0 Å². The number of rotatable bonds is 7. The first-order valence-electron chi connectivity index (χ1n) is 9.93. The van der Waals surface area contributed by atoms with Crippen LogP contribution in [0.4, 0.5) is 5.69 Å². The molecule has 1 N–H and O–H groups in total. The molecule has 0 spiro atoms. The summed E-state index contributed by atoms with van der Waals surface area (Å²) in [7, 11) is 0. The first-order chi connectivity index (χ1) is 15.0. The van der Waals surface area contributed by atoms with E-state index in [0.29, 0.717) is 56.2 Å². The molecule has 158 valence electrons. The van der Waals surface area contributed by atoms with Crippen LogP contribution in [0.3, 0.4) is 0 Å². The van der Waals surface area contributed by atoms with Gasteiger partial charge in [0.25, 0.3) is 5.91 Å². The van der Waals surface area contributed by atoms with Gasteiger partial charge in [0.2, 0.25) is 5.89 Å². The van der Waals surface area contributed by atoms with E-state index in [1.807, 2.05) is 6.07 Å². The average Bonchev–Trinajstić information content (AvgIpc) is 3.19. The minimum atomic E-state index is -0.234. The molecule has 0 radical (unpaired) electrons. The number of amides is 1. The Kier molecular flexibility index (Phi) is 6.44. The van der Waals surface area contributed by atoms with Crippen LogP contribution in [0.25, 0.3) is 22.6 Å². The highest BCUT2D eigenvalue weighted by atomic mass is 35.5. The molecule has 0 atom stereocenters. The predicted molar refractivity (Wildman–Crippen MR) is 124 cm³/mol. The summed E-state index contributed by atoms with van der Waals surface area (Å²) in [6.07, 6.45) is 2.02. The van der Waals surface area contributed by atoms with Gasteiger partial charge in [-0.05, 0) is 61.0 Å². The molecule has 4 rings (SSSR count). The SMILES string of the molecule is CCCCOc1cccc(C(=O)Nc2ccc3oc(-c4cc(Cl)ccc4Cl)nc3c2)c1. The van der Waals surface area contributed by atoms with Crippen molar-refractivity contribution in [3.05, 3.63) is 76.3 Å². The summed E-state index contributed by atoms with van der Waals surface area (Å²) in [4.78, 5) is 17.2. The lowest BCUT2D eigenvalue weighted by Crippen LogP contribution is -2.12. The highest BCUT2D eigenvalue weighted by Gasteiger charge is 2.14. The molecule has 1 amide bonds. The topological polar surface area (TPSA) is 64.4 Å². The first-order valence-corrected chi connectivity index (χ1v) is 10.7. The Balaban J connectivity index is 1.53. The largest absolute Gasteiger partial charge is 0.494 e. The fraction of sp³-hybridized carbons (Fsp3) is 0.167. The predicted octanol–water partition coefficient (Wildman–Crippen LogP) is 7.23. The number of unbranched alkanes of at least 4 members (excludes halogenated alkanes) is 1. The summed E-state index contributed by atoms with van der Waals surface area (Å²) in [6.45, 7) is 2.73. The van der Waals surface area contributed by atoms with E-state index in [2.05, 4.69) is 17.2 Å². The average molecular weight is 455 g/mol. The lowest BCUT2D eigenvalue weighted by molar-refractivity contribution is 0.102. The van der Waals surface area contributed by atoms with Gasteiger partial charge >= 0.3 is 0 Å². The van der Waals surface area contributed by atoms with Crippen molar-refractivity contribution in [3.8, 4) is 17.2 Å². The maximum Gasteiger partial charge on any atom is 0.255 e. The van der Waals surface area contributed by atoms with Gasteiger partial charge in [0.1, 0.15) is 11.3 Å². The maximum absolute atomic E-state index is 12.7. The summed E-state index contributed by atoms with van der Waals surface area (Å²) in [5.41, 5.74) is 2.90. The molecule has 0 bridgehead atoms. The first kappa shape index (κ1) is 21.2. The number of aromatic nitrogens is 1. The number of carbonyl (C=O) groups is 1. The smallest absolute Gasteiger partial charge is 0.255 e. The highest BCUT2D eigenvalue weighted by molar-refractivity contribution is 6.35. The zero-order chi connectivity index (χ0) is 21.8. The Hall–Kier alpha value is -3.02. The van der Waals surface area contributed by atoms with Crippen LogP contribution in [0.1, 0.15) is 30.1 Å². The fourth-order valence-corrected chi connectivity index (χ4v) is 3.42. The molecule has 0 aliphatic heterocycles. The quantitative estimate of drug-likeness (QED) is 0.299. The van der Waals surface area contributed by atoms with Crippen molar-refractivity contribution in [2.24, 2.45) is 0 Å². The van der Waals surface area contributed by atoms with Gasteiger partial charge in [0.05, 0.1) is 17.2 Å². The lowest BCUT2D eigenvalue weighted by atomic mass is 10.2. The Morgan fingerprint density at radius 1 is 1.10 bits per heavy atom. The van der Waals surface area contributed by atoms with E-state index in [9.17, 15) is 4.79 Å². The monoisotopic (exact) mass is 454 g/mol. The van der Waals surface area contributed by atoms with Crippen LogP contribution in [0.15, 0.2) is 65.1 Å². The molecule has 0 unspecified atom stereocenters. The summed E-state index contributed by atoms with van der Waals surface area (Å²) >= 11 is 12.3. The van der Waals surface area contributed by atoms with E-state index in [-0.39, 0.29) is 5.91 Å². The number of nitrogens with zero attached hydrogens (tertiary/aromatic N) is 1. The van der Waals surface area contributed by atoms with Gasteiger partial charge in [-0.1, -0.05) is 42.6 Å². The Morgan fingerprint density at radius 3 is 2.81 bits per heavy atom. The third-order valence-electron chi connectivity index (χ3n) is 4.67. The lowest BCUT2D eigenvalue weighted by Gasteiger charge is -2.08. The number of ether oxygens (including phenoxy) is 1. The molecule has 0 saturated carbocycles. The highest BCUT2D eigenvalue weighted by Crippen LogP contribution is 2.33. The number of hydrogen-bond donors (Lipinski definition) is 1. The second kappa shape index (κ2) is 9.41. The number of halogens is 2. The van der Waals surface area contributed by atoms with Gasteiger partial charge in [0.15, 0.2) is 5.58 Å². The van der Waals surface area contributed by atoms with Crippen LogP contribution in [0.5, 0.6) is 5.75 Å². The van der Waals surface area contributed by atoms with E-state index < -0.39 is 0 Å². The number of carbonyl (C=O) groups excluding carboxylic acids is 1. The van der Waals surface area contributed by atoms with Crippen molar-refractivity contribution in [3.63, 3.8) is 0 Å². The van der Waals surface area contributed by atoms with Gasteiger partial charge in [-0.3, -0.25) is 4.79 Å². The molecule has 1 heterocycles. The number of fused-ring (bicyclic) bond motifs is 1. The van der Waals surface area contributed by atoms with Crippen molar-refractivity contribution in [1.82, 2.24) is 4.98 Å². The number of benzene rings is 3. The van der Waals surface area contributed by atoms with E-state index in [4.69, 9.17) is 32.4 Å². The molecule has 0 aliphatic carbocycles. The second-order valence-corrected chi connectivity index (χ2v) is 7.85. The minimum absolute atomic E-state index is 0.234. The van der Waals surface area contributed by atoms with Crippen molar-refractivity contribution < 1.29 is 13.9 Å². The zero-order valence-corrected chi connectivity index (χ0v) is 18.3. The molecule has 4 aromatic rings. The van der Waals surface area contributed by atoms with Gasteiger partial charge in [-0.15, -0.1) is 0 Å². The molecule has 0 aliphatic rings. The van der Waals surface area contributed by atoms with Crippen molar-refractivity contribution in [1.29, 1.82) is 0 Å². The Bertz CT molecular complexity index is 1240. The molecule has 5 nitrogen and oxygen atoms in total. The van der Waals surface area contributed by atoms with Crippen LogP contribution in [-0.2, 0) is 0 Å². The maximum atomic E-state index is 12.7. The van der Waals surface area contributed by atoms with E-state index in [1.54, 1.807) is 54.6 Å². The van der Waals surface area contributed by atoms with Crippen LogP contribution < -0.4 is 10.1 Å². The van der Waals surface area contributed by atoms with Gasteiger partial charge < -0.3 is 14.5 Å². The Morgan fingerprint density at radius 2 is 1.97 bits per heavy atom. The summed E-state index contributed by atoms with van der Waals surface area (Å²) in [6, 6.07) is 17.5. The van der Waals surface area contributed by atoms with Gasteiger partial charge in [-0.2, -0.15) is 0 Å². The number of hydrogen-bond acceptors (Lipinski definition) is 4. The molecule has 31 heavy (non-hydrogen) atoms. The standard InChI is InChI=1S/C24H20Cl2N2O3/c1-2-3-11-30-18-6-4-5-15(12-18)23(29)27-17-8-10-22-21(14-17)28-24(31-22)19-13-16(25)7-9-20(19)26/h4-10,12-14H,2-3,11H2,1H3,(H,27,29). The minimum Gasteiger partial charge on any atom is -0.494 e. The van der Waals surface area contributed by atoms with E-state index >= 15 is 0 Å². The molecule has 0 saturated heterocycles. The normalized spacial score (nSPS) is 10.9. The molecular formula is C24H20Cl2N2O3. The van der Waals surface area contributed by atoms with Crippen LogP contribution in [0.2, 0.25) is 10.0 Å². The number of anilines is 1. The van der Waals surface area contributed by atoms with Crippen molar-refractivity contribution >= 4 is 45.9 Å². The van der Waals surface area contributed by atoms with Crippen molar-refractivity contribution in [2.45, 2.75) is 19.8 Å². The molecule has 1 aromatic heterocycles. The summed E-state index contributed by atoms with van der Waals surface area (Å²) in [5.74, 6) is 0.806. The van der Waals surface area contributed by atoms with E-state index in [0.717, 1.165) is 12.8 Å². The molecule has 7 heteroatoms. The molecular weight excluding hydrogens is 435 g/mol. The van der Waals surface area contributed by atoms with Gasteiger partial charge in [-0.25, -0.2) is 4.98 Å². The van der Waals surface area contributed by atoms with Gasteiger partial charge in [0, 0.05) is 16.3 Å². The van der Waals surface area contributed by atoms with Crippen LogP contribution in [-0.4, -0.2) is 17.5 Å². The third kappa shape index (κ3) is 5.01. The molecule has 3 aromatic carbocycles. The van der Waals surface area contributed by atoms with Crippen molar-refractivity contribution in [2.75, 3.05) is 11.9 Å². The second-order valence-electron chi connectivity index (χ2n) is 7.01. The summed E-state index contributed by atoms with van der Waals surface area (Å²) < 4.78 is 11.5. The Labute approximate surface area is 189 Å².